The van der Waals surface area contributed by atoms with E-state index in [-0.39, 0.29) is 5.91 Å². The molecule has 3 N–H and O–H groups in total. The highest BCUT2D eigenvalue weighted by Crippen LogP contribution is 2.20. The van der Waals surface area contributed by atoms with Crippen LogP contribution in [0.4, 0.5) is 5.13 Å². The number of likely N-dealkylation sites (tertiary alicyclic amines) is 1. The molecule has 1 saturated heterocycles. The number of nitrogens with one attached hydrogen (secondary N) is 1. The van der Waals surface area contributed by atoms with Gasteiger partial charge in [0, 0.05) is 17.3 Å². The molecule has 0 saturated carbocycles. The predicted molar refractivity (Wildman–Crippen MR) is 87.8 cm³/mol. The van der Waals surface area contributed by atoms with Gasteiger partial charge < -0.3 is 5.73 Å². The zero-order valence-electron chi connectivity index (χ0n) is 12.4. The molecule has 0 aromatic carbocycles. The molecule has 0 spiro atoms. The van der Waals surface area contributed by atoms with E-state index in [2.05, 4.69) is 26.5 Å². The summed E-state index contributed by atoms with van der Waals surface area (Å²) in [6.45, 7) is 5.19. The smallest absolute Gasteiger partial charge is 0.240 e. The van der Waals surface area contributed by atoms with E-state index in [4.69, 9.17) is 5.73 Å². The molecular formula is C13H23N5OS2. The van der Waals surface area contributed by atoms with Crippen LogP contribution in [0.2, 0.25) is 0 Å². The quantitative estimate of drug-likeness (QED) is 0.740. The Labute approximate surface area is 134 Å². The van der Waals surface area contributed by atoms with E-state index in [1.807, 2.05) is 0 Å². The number of hydrogen-bond acceptors (Lipinski definition) is 7. The van der Waals surface area contributed by atoms with E-state index < -0.39 is 0 Å². The van der Waals surface area contributed by atoms with E-state index >= 15 is 0 Å². The SMILES string of the molecule is CCCSc1nsc(NC(=O)CN2CCC(CN)CC2)n1. The topological polar surface area (TPSA) is 84.1 Å². The van der Waals surface area contributed by atoms with Gasteiger partial charge in [0.25, 0.3) is 0 Å². The van der Waals surface area contributed by atoms with Crippen molar-refractivity contribution in [2.24, 2.45) is 11.7 Å². The van der Waals surface area contributed by atoms with Crippen molar-refractivity contribution in [1.29, 1.82) is 0 Å². The van der Waals surface area contributed by atoms with Crippen LogP contribution in [0.1, 0.15) is 26.2 Å². The maximum atomic E-state index is 12.0. The van der Waals surface area contributed by atoms with Crippen LogP contribution in [0.3, 0.4) is 0 Å². The van der Waals surface area contributed by atoms with Crippen molar-refractivity contribution in [2.45, 2.75) is 31.3 Å². The molecule has 1 amide bonds. The largest absolute Gasteiger partial charge is 0.330 e. The minimum absolute atomic E-state index is 0.00982. The Hall–Kier alpha value is -0.700. The Balaban J connectivity index is 1.73. The number of hydrogen-bond donors (Lipinski definition) is 2. The normalized spacial score (nSPS) is 17.0. The fourth-order valence-electron chi connectivity index (χ4n) is 2.25. The van der Waals surface area contributed by atoms with Crippen molar-refractivity contribution in [1.82, 2.24) is 14.3 Å². The summed E-state index contributed by atoms with van der Waals surface area (Å²) in [5.41, 5.74) is 5.68. The molecular weight excluding hydrogens is 306 g/mol. The van der Waals surface area contributed by atoms with Crippen molar-refractivity contribution in [3.05, 3.63) is 0 Å². The minimum atomic E-state index is -0.00982. The van der Waals surface area contributed by atoms with Crippen LogP contribution >= 0.6 is 23.3 Å². The Morgan fingerprint density at radius 2 is 2.29 bits per heavy atom. The molecule has 8 heteroatoms. The molecule has 21 heavy (non-hydrogen) atoms. The molecule has 1 aliphatic rings. The minimum Gasteiger partial charge on any atom is -0.330 e. The van der Waals surface area contributed by atoms with Gasteiger partial charge in [0.2, 0.25) is 16.2 Å². The highest BCUT2D eigenvalue weighted by molar-refractivity contribution is 7.99. The molecule has 0 aliphatic carbocycles. The summed E-state index contributed by atoms with van der Waals surface area (Å²) in [6.07, 6.45) is 3.26. The van der Waals surface area contributed by atoms with Crippen LogP contribution in [0.5, 0.6) is 0 Å². The molecule has 6 nitrogen and oxygen atoms in total. The van der Waals surface area contributed by atoms with E-state index in [1.165, 1.54) is 11.5 Å². The zero-order valence-corrected chi connectivity index (χ0v) is 14.0. The molecule has 1 aromatic rings. The third-order valence-corrected chi connectivity index (χ3v) is 5.30. The number of amides is 1. The van der Waals surface area contributed by atoms with Gasteiger partial charge in [-0.05, 0) is 44.8 Å². The van der Waals surface area contributed by atoms with Gasteiger partial charge in [-0.3, -0.25) is 15.0 Å². The zero-order chi connectivity index (χ0) is 15.1. The average molecular weight is 329 g/mol. The second-order valence-electron chi connectivity index (χ2n) is 5.23. The van der Waals surface area contributed by atoms with Crippen LogP contribution in [0.25, 0.3) is 0 Å². The molecule has 1 aromatic heterocycles. The van der Waals surface area contributed by atoms with Crippen LogP contribution in [0, 0.1) is 5.92 Å². The molecule has 0 radical (unpaired) electrons. The number of rotatable bonds is 7. The van der Waals surface area contributed by atoms with Gasteiger partial charge in [-0.1, -0.05) is 18.7 Å². The molecule has 1 aliphatic heterocycles. The number of aromatic nitrogens is 2. The number of carbonyl (C=O) groups is 1. The third kappa shape index (κ3) is 5.54. The van der Waals surface area contributed by atoms with Gasteiger partial charge >= 0.3 is 0 Å². The number of nitrogens with two attached hydrogens (primary N) is 1. The number of anilines is 1. The van der Waals surface area contributed by atoms with Gasteiger partial charge in [0.05, 0.1) is 6.54 Å². The Morgan fingerprint density at radius 3 is 2.95 bits per heavy atom. The van der Waals surface area contributed by atoms with E-state index in [0.29, 0.717) is 17.6 Å². The fraction of sp³-hybridized carbons (Fsp3) is 0.769. The summed E-state index contributed by atoms with van der Waals surface area (Å²) in [5.74, 6) is 1.61. The molecule has 2 heterocycles. The fourth-order valence-corrected chi connectivity index (χ4v) is 3.67. The molecule has 118 valence electrons. The van der Waals surface area contributed by atoms with E-state index in [0.717, 1.165) is 49.8 Å². The van der Waals surface area contributed by atoms with Crippen LogP contribution in [-0.4, -0.2) is 52.1 Å². The van der Waals surface area contributed by atoms with Crippen LogP contribution in [0.15, 0.2) is 5.16 Å². The van der Waals surface area contributed by atoms with E-state index in [9.17, 15) is 4.79 Å². The second kappa shape index (κ2) is 8.67. The summed E-state index contributed by atoms with van der Waals surface area (Å²) in [6, 6.07) is 0. The van der Waals surface area contributed by atoms with Gasteiger partial charge in [0.15, 0.2) is 0 Å². The van der Waals surface area contributed by atoms with Crippen molar-refractivity contribution < 1.29 is 4.79 Å². The van der Waals surface area contributed by atoms with Gasteiger partial charge in [-0.15, -0.1) is 0 Å². The molecule has 0 atom stereocenters. The molecule has 0 bridgehead atoms. The van der Waals surface area contributed by atoms with Crippen LogP contribution in [-0.2, 0) is 4.79 Å². The maximum absolute atomic E-state index is 12.0. The van der Waals surface area contributed by atoms with Crippen molar-refractivity contribution in [3.8, 4) is 0 Å². The number of piperidine rings is 1. The molecule has 2 rings (SSSR count). The number of carbonyl (C=O) groups excluding carboxylic acids is 1. The number of thioether (sulfide) groups is 1. The highest BCUT2D eigenvalue weighted by Gasteiger charge is 2.20. The van der Waals surface area contributed by atoms with Crippen molar-refractivity contribution in [2.75, 3.05) is 37.2 Å². The molecule has 1 fully saturated rings. The average Bonchev–Trinajstić information content (AvgIpc) is 2.93. The predicted octanol–water partition coefficient (Wildman–Crippen LogP) is 1.65. The number of nitrogens with zero attached hydrogens (tertiary/aromatic N) is 3. The summed E-state index contributed by atoms with van der Waals surface area (Å²) < 4.78 is 4.23. The summed E-state index contributed by atoms with van der Waals surface area (Å²) in [5, 5.41) is 4.18. The Bertz CT molecular complexity index is 446. The first-order chi connectivity index (χ1) is 10.2. The summed E-state index contributed by atoms with van der Waals surface area (Å²) in [4.78, 5) is 18.5. The highest BCUT2D eigenvalue weighted by atomic mass is 32.2. The summed E-state index contributed by atoms with van der Waals surface area (Å²) in [7, 11) is 0. The standard InChI is InChI=1S/C13H23N5OS2/c1-2-7-20-13-16-12(21-17-13)15-11(19)9-18-5-3-10(8-14)4-6-18/h10H,2-9,14H2,1H3,(H,15,16,17,19). The lowest BCUT2D eigenvalue weighted by Crippen LogP contribution is -2.40. The third-order valence-electron chi connectivity index (χ3n) is 3.50. The van der Waals surface area contributed by atoms with Crippen molar-refractivity contribution in [3.63, 3.8) is 0 Å². The lowest BCUT2D eigenvalue weighted by atomic mass is 9.97. The lowest BCUT2D eigenvalue weighted by Gasteiger charge is -2.30. The van der Waals surface area contributed by atoms with Gasteiger partial charge in [-0.2, -0.15) is 9.36 Å². The monoisotopic (exact) mass is 329 g/mol. The van der Waals surface area contributed by atoms with Gasteiger partial charge in [-0.25, -0.2) is 0 Å². The second-order valence-corrected chi connectivity index (χ2v) is 7.05. The maximum Gasteiger partial charge on any atom is 0.240 e. The van der Waals surface area contributed by atoms with Crippen LogP contribution < -0.4 is 11.1 Å². The molecule has 0 unspecified atom stereocenters. The summed E-state index contributed by atoms with van der Waals surface area (Å²) >= 11 is 2.87. The van der Waals surface area contributed by atoms with E-state index in [1.54, 1.807) is 11.8 Å². The first kappa shape index (κ1) is 16.7. The van der Waals surface area contributed by atoms with Gasteiger partial charge in [0.1, 0.15) is 0 Å². The van der Waals surface area contributed by atoms with Crippen molar-refractivity contribution >= 4 is 34.3 Å². The lowest BCUT2D eigenvalue weighted by molar-refractivity contribution is -0.117. The Morgan fingerprint density at radius 1 is 1.52 bits per heavy atom. The Kier molecular flexibility index (Phi) is 6.88. The first-order valence-electron chi connectivity index (χ1n) is 7.40. The first-order valence-corrected chi connectivity index (χ1v) is 9.16.